The van der Waals surface area contributed by atoms with E-state index >= 15 is 0 Å². The minimum atomic E-state index is -1.41. The second-order valence-electron chi connectivity index (χ2n) is 8.06. The van der Waals surface area contributed by atoms with Crippen LogP contribution in [0.3, 0.4) is 0 Å². The molecule has 12 N–H and O–H groups in total. The molecular weight excluding hydrogens is 468 g/mol. The molecule has 34 heavy (non-hydrogen) atoms. The number of aliphatic carboxylic acids is 1. The molecule has 0 aromatic carbocycles. The molecule has 0 aromatic rings. The molecule has 0 aliphatic heterocycles. The van der Waals surface area contributed by atoms with Crippen LogP contribution in [-0.2, 0) is 24.0 Å². The Morgan fingerprint density at radius 3 is 1.91 bits per heavy atom. The van der Waals surface area contributed by atoms with Gasteiger partial charge in [0.2, 0.25) is 23.6 Å². The van der Waals surface area contributed by atoms with Gasteiger partial charge < -0.3 is 44.0 Å². The van der Waals surface area contributed by atoms with Crippen LogP contribution < -0.4 is 38.9 Å². The lowest BCUT2D eigenvalue weighted by Crippen LogP contribution is -2.58. The van der Waals surface area contributed by atoms with E-state index in [9.17, 15) is 29.1 Å². The van der Waals surface area contributed by atoms with Crippen LogP contribution in [0.4, 0.5) is 0 Å². The lowest BCUT2D eigenvalue weighted by Gasteiger charge is -2.24. The maximum absolute atomic E-state index is 12.7. The number of nitrogens with two attached hydrogens (primary N) is 4. The van der Waals surface area contributed by atoms with Crippen molar-refractivity contribution in [3.63, 3.8) is 0 Å². The van der Waals surface area contributed by atoms with Gasteiger partial charge in [0, 0.05) is 12.3 Å². The lowest BCUT2D eigenvalue weighted by molar-refractivity contribution is -0.142. The smallest absolute Gasteiger partial charge is 0.326 e. The summed E-state index contributed by atoms with van der Waals surface area (Å²) in [4.78, 5) is 64.1. The van der Waals surface area contributed by atoms with Gasteiger partial charge in [-0.25, -0.2) is 4.79 Å². The number of rotatable bonds is 16. The van der Waals surface area contributed by atoms with Crippen LogP contribution in [0.2, 0.25) is 0 Å². The number of carbonyl (C=O) groups excluding carboxylic acids is 4. The van der Waals surface area contributed by atoms with E-state index in [0.29, 0.717) is 6.42 Å². The average Bonchev–Trinajstić information content (AvgIpc) is 2.72. The van der Waals surface area contributed by atoms with Crippen molar-refractivity contribution in [2.75, 3.05) is 12.3 Å². The van der Waals surface area contributed by atoms with Gasteiger partial charge in [0.15, 0.2) is 5.96 Å². The molecule has 4 unspecified atom stereocenters. The molecule has 194 valence electrons. The number of nitrogens with one attached hydrogen (secondary N) is 3. The number of carbonyl (C=O) groups is 5. The third-order valence-corrected chi connectivity index (χ3v) is 4.85. The molecule has 0 aliphatic carbocycles. The highest BCUT2D eigenvalue weighted by Gasteiger charge is 2.30. The predicted molar refractivity (Wildman–Crippen MR) is 128 cm³/mol. The van der Waals surface area contributed by atoms with Gasteiger partial charge in [-0.05, 0) is 25.2 Å². The van der Waals surface area contributed by atoms with Crippen LogP contribution in [0.1, 0.15) is 39.5 Å². The highest BCUT2D eigenvalue weighted by atomic mass is 32.1. The third kappa shape index (κ3) is 12.8. The summed E-state index contributed by atoms with van der Waals surface area (Å²) in [5.74, 6) is -4.77. The molecule has 0 radical (unpaired) electrons. The fourth-order valence-corrected chi connectivity index (χ4v) is 3.03. The zero-order chi connectivity index (χ0) is 26.4. The largest absolute Gasteiger partial charge is 0.480 e. The van der Waals surface area contributed by atoms with Gasteiger partial charge in [0.1, 0.15) is 18.1 Å². The zero-order valence-electron chi connectivity index (χ0n) is 19.3. The van der Waals surface area contributed by atoms with Gasteiger partial charge in [-0.15, -0.1) is 0 Å². The maximum atomic E-state index is 12.7. The molecule has 0 spiro atoms. The predicted octanol–water partition coefficient (Wildman–Crippen LogP) is -3.24. The summed E-state index contributed by atoms with van der Waals surface area (Å²) < 4.78 is 0. The summed E-state index contributed by atoms with van der Waals surface area (Å²) in [5, 5.41) is 16.3. The summed E-state index contributed by atoms with van der Waals surface area (Å²) in [5.41, 5.74) is 21.4. The highest BCUT2D eigenvalue weighted by molar-refractivity contribution is 7.80. The van der Waals surface area contributed by atoms with Crippen molar-refractivity contribution < 1.29 is 29.1 Å². The number of amides is 4. The Bertz CT molecular complexity index is 759. The van der Waals surface area contributed by atoms with E-state index in [1.54, 1.807) is 13.8 Å². The average molecular weight is 505 g/mol. The molecule has 0 saturated heterocycles. The molecule has 0 aromatic heterocycles. The van der Waals surface area contributed by atoms with Gasteiger partial charge in [0.05, 0.1) is 12.5 Å². The van der Waals surface area contributed by atoms with E-state index in [2.05, 4.69) is 33.6 Å². The topological polar surface area (TPSA) is 258 Å². The van der Waals surface area contributed by atoms with E-state index in [4.69, 9.17) is 22.9 Å². The minimum Gasteiger partial charge on any atom is -0.480 e. The zero-order valence-corrected chi connectivity index (χ0v) is 20.2. The molecule has 0 heterocycles. The Morgan fingerprint density at radius 1 is 0.912 bits per heavy atom. The molecule has 4 atom stereocenters. The number of primary amides is 1. The molecule has 4 amide bonds. The summed E-state index contributed by atoms with van der Waals surface area (Å²) in [6.07, 6.45) is 0.212. The Labute approximate surface area is 203 Å². The quantitative estimate of drug-likeness (QED) is 0.0442. The van der Waals surface area contributed by atoms with Crippen molar-refractivity contribution in [1.29, 1.82) is 0 Å². The first-order chi connectivity index (χ1) is 15.8. The van der Waals surface area contributed by atoms with Crippen molar-refractivity contribution in [1.82, 2.24) is 16.0 Å². The molecule has 0 bridgehead atoms. The van der Waals surface area contributed by atoms with E-state index < -0.39 is 60.2 Å². The van der Waals surface area contributed by atoms with Crippen LogP contribution in [0, 0.1) is 5.92 Å². The summed E-state index contributed by atoms with van der Waals surface area (Å²) >= 11 is 4.03. The molecule has 0 saturated carbocycles. The fraction of sp³-hybridized carbons (Fsp3) is 0.684. The second-order valence-corrected chi connectivity index (χ2v) is 8.42. The molecular formula is C19H36N8O6S. The minimum absolute atomic E-state index is 0.00993. The fourth-order valence-electron chi connectivity index (χ4n) is 2.77. The van der Waals surface area contributed by atoms with Crippen LogP contribution in [0.25, 0.3) is 0 Å². The Kier molecular flexibility index (Phi) is 14.3. The van der Waals surface area contributed by atoms with Crippen molar-refractivity contribution in [2.24, 2.45) is 33.8 Å². The number of hydrogen-bond acceptors (Lipinski definition) is 8. The third-order valence-electron chi connectivity index (χ3n) is 4.48. The molecule has 0 fully saturated rings. The number of carboxylic acid groups (broad SMARTS) is 1. The van der Waals surface area contributed by atoms with Gasteiger partial charge in [-0.1, -0.05) is 13.8 Å². The van der Waals surface area contributed by atoms with Crippen molar-refractivity contribution in [3.05, 3.63) is 0 Å². The normalized spacial score (nSPS) is 14.3. The summed E-state index contributed by atoms with van der Waals surface area (Å²) in [7, 11) is 0. The summed E-state index contributed by atoms with van der Waals surface area (Å²) in [6, 6.07) is -4.82. The van der Waals surface area contributed by atoms with Crippen LogP contribution >= 0.6 is 12.6 Å². The van der Waals surface area contributed by atoms with E-state index in [-0.39, 0.29) is 37.0 Å². The van der Waals surface area contributed by atoms with E-state index in [1.165, 1.54) is 0 Å². The number of thiol groups is 1. The van der Waals surface area contributed by atoms with Gasteiger partial charge >= 0.3 is 5.97 Å². The monoisotopic (exact) mass is 504 g/mol. The second kappa shape index (κ2) is 15.7. The Balaban J connectivity index is 5.17. The number of aliphatic imine (C=N–C) groups is 1. The SMILES string of the molecule is CC(C)CC(NC(=O)C(CS)NC(=O)C(CC(N)=O)NC(=O)C(N)CCCN=C(N)N)C(=O)O. The first kappa shape index (κ1) is 30.9. The highest BCUT2D eigenvalue weighted by Crippen LogP contribution is 2.06. The van der Waals surface area contributed by atoms with Crippen molar-refractivity contribution in [3.8, 4) is 0 Å². The molecule has 0 aliphatic rings. The van der Waals surface area contributed by atoms with Crippen molar-refractivity contribution >= 4 is 48.2 Å². The van der Waals surface area contributed by atoms with E-state index in [1.807, 2.05) is 0 Å². The Hall–Kier alpha value is -3.07. The number of nitrogens with zero attached hydrogens (tertiary/aromatic N) is 1. The van der Waals surface area contributed by atoms with Gasteiger partial charge in [-0.3, -0.25) is 24.2 Å². The summed E-state index contributed by atoms with van der Waals surface area (Å²) in [6.45, 7) is 3.84. The first-order valence-electron chi connectivity index (χ1n) is 10.6. The van der Waals surface area contributed by atoms with Gasteiger partial charge in [0.25, 0.3) is 0 Å². The number of guanidine groups is 1. The van der Waals surface area contributed by atoms with Gasteiger partial charge in [-0.2, -0.15) is 12.6 Å². The molecule has 14 nitrogen and oxygen atoms in total. The number of carboxylic acids is 1. The lowest BCUT2D eigenvalue weighted by atomic mass is 10.0. The first-order valence-corrected chi connectivity index (χ1v) is 11.3. The van der Waals surface area contributed by atoms with Crippen LogP contribution in [0.15, 0.2) is 4.99 Å². The number of hydrogen-bond donors (Lipinski definition) is 9. The Morgan fingerprint density at radius 2 is 1.44 bits per heavy atom. The van der Waals surface area contributed by atoms with E-state index in [0.717, 1.165) is 0 Å². The standard InChI is InChI=1S/C19H36N8O6S/c1-9(2)6-12(18(32)33)26-17(31)13(8-34)27-16(30)11(7-14(21)28)25-15(29)10(20)4-3-5-24-19(22)23/h9-13,34H,3-8,20H2,1-2H3,(H2,21,28)(H,25,29)(H,26,31)(H,27,30)(H,32,33)(H4,22,23,24). The van der Waals surface area contributed by atoms with Crippen LogP contribution in [0.5, 0.6) is 0 Å². The van der Waals surface area contributed by atoms with Crippen molar-refractivity contribution in [2.45, 2.75) is 63.7 Å². The van der Waals surface area contributed by atoms with Crippen LogP contribution in [-0.4, -0.2) is 77.1 Å². The molecule has 0 rings (SSSR count). The maximum Gasteiger partial charge on any atom is 0.326 e. The molecule has 15 heteroatoms.